The van der Waals surface area contributed by atoms with Gasteiger partial charge < -0.3 is 9.64 Å². The Balaban J connectivity index is 0.000000195. The van der Waals surface area contributed by atoms with Gasteiger partial charge in [0.2, 0.25) is 0 Å². The van der Waals surface area contributed by atoms with Gasteiger partial charge in [-0.1, -0.05) is 31.7 Å². The number of para-hydroxylation sites is 1. The summed E-state index contributed by atoms with van der Waals surface area (Å²) in [6.45, 7) is 14.0. The van der Waals surface area contributed by atoms with Crippen molar-refractivity contribution in [3.05, 3.63) is 53.5 Å². The second-order valence-corrected chi connectivity index (χ2v) is 8.88. The van der Waals surface area contributed by atoms with Crippen LogP contribution in [0.4, 0.5) is 11.5 Å². The van der Waals surface area contributed by atoms with Gasteiger partial charge in [-0.2, -0.15) is 0 Å². The SMILES string of the molecule is C=Cc1ncc(C2CC2)nc1N(C)C1CCOCC1.CCC(C)=Nc1c(C)cccc1C. The lowest BCUT2D eigenvalue weighted by Gasteiger charge is -2.32. The minimum absolute atomic E-state index is 0.496. The van der Waals surface area contributed by atoms with Crippen LogP contribution in [0.1, 0.15) is 74.4 Å². The van der Waals surface area contributed by atoms with Crippen molar-refractivity contribution in [3.63, 3.8) is 0 Å². The molecule has 0 radical (unpaired) electrons. The van der Waals surface area contributed by atoms with E-state index in [0.717, 1.165) is 55.4 Å². The highest BCUT2D eigenvalue weighted by molar-refractivity contribution is 5.85. The van der Waals surface area contributed by atoms with Crippen molar-refractivity contribution < 1.29 is 4.74 Å². The zero-order valence-corrected chi connectivity index (χ0v) is 20.4. The smallest absolute Gasteiger partial charge is 0.154 e. The fourth-order valence-electron chi connectivity index (χ4n) is 3.88. The molecular formula is C27H38N4O. The largest absolute Gasteiger partial charge is 0.381 e. The molecule has 0 bridgehead atoms. The molecule has 0 amide bonds. The number of nitrogens with zero attached hydrogens (tertiary/aromatic N) is 4. The van der Waals surface area contributed by atoms with E-state index in [-0.39, 0.29) is 0 Å². The molecule has 0 unspecified atom stereocenters. The van der Waals surface area contributed by atoms with Crippen molar-refractivity contribution in [2.45, 2.75) is 71.8 Å². The van der Waals surface area contributed by atoms with Gasteiger partial charge in [0.15, 0.2) is 5.82 Å². The van der Waals surface area contributed by atoms with Crippen LogP contribution in [-0.4, -0.2) is 42.0 Å². The van der Waals surface area contributed by atoms with E-state index >= 15 is 0 Å². The monoisotopic (exact) mass is 434 g/mol. The lowest BCUT2D eigenvalue weighted by atomic mass is 10.1. The Bertz CT molecular complexity index is 922. The number of aromatic nitrogens is 2. The highest BCUT2D eigenvalue weighted by atomic mass is 16.5. The van der Waals surface area contributed by atoms with Gasteiger partial charge in [-0.3, -0.25) is 9.98 Å². The van der Waals surface area contributed by atoms with Gasteiger partial charge >= 0.3 is 0 Å². The average Bonchev–Trinajstić information content (AvgIpc) is 3.67. The molecule has 172 valence electrons. The first-order valence-electron chi connectivity index (χ1n) is 11.8. The molecule has 0 N–H and O–H groups in total. The standard InChI is InChI=1S/C15H21N3O.C12H17N/c1-3-13-15(17-14(10-16-13)11-4-5-11)18(2)12-6-8-19-9-7-12;1-5-11(4)13-12-9(2)7-6-8-10(12)3/h3,10-12H,1,4-9H2,2H3;6-8H,5H2,1-4H3. The molecule has 2 heterocycles. The number of aryl methyl sites for hydroxylation is 2. The van der Waals surface area contributed by atoms with Crippen molar-refractivity contribution in [2.24, 2.45) is 4.99 Å². The lowest BCUT2D eigenvalue weighted by molar-refractivity contribution is 0.0853. The normalized spacial score (nSPS) is 16.8. The Morgan fingerprint density at radius 2 is 1.84 bits per heavy atom. The molecule has 2 aliphatic rings. The summed E-state index contributed by atoms with van der Waals surface area (Å²) in [4.78, 5) is 16.2. The number of hydrogen-bond donors (Lipinski definition) is 0. The third kappa shape index (κ3) is 6.26. The van der Waals surface area contributed by atoms with Crippen LogP contribution in [-0.2, 0) is 4.74 Å². The van der Waals surface area contributed by atoms with Crippen molar-refractivity contribution >= 4 is 23.3 Å². The third-order valence-electron chi connectivity index (χ3n) is 6.32. The summed E-state index contributed by atoms with van der Waals surface area (Å²) < 4.78 is 5.43. The van der Waals surface area contributed by atoms with Gasteiger partial charge in [0.05, 0.1) is 11.4 Å². The van der Waals surface area contributed by atoms with Crippen molar-refractivity contribution in [3.8, 4) is 0 Å². The quantitative estimate of drug-likeness (QED) is 0.492. The molecule has 1 aliphatic carbocycles. The van der Waals surface area contributed by atoms with Gasteiger partial charge in [-0.05, 0) is 70.1 Å². The fraction of sp³-hybridized carbons (Fsp3) is 0.519. The van der Waals surface area contributed by atoms with Crippen molar-refractivity contribution in [1.29, 1.82) is 0 Å². The molecule has 1 aromatic carbocycles. The van der Waals surface area contributed by atoms with E-state index in [9.17, 15) is 0 Å². The van der Waals surface area contributed by atoms with Crippen LogP contribution < -0.4 is 4.90 Å². The first kappa shape index (κ1) is 24.1. The number of ether oxygens (including phenoxy) is 1. The summed E-state index contributed by atoms with van der Waals surface area (Å²) in [5.74, 6) is 1.61. The molecule has 1 aromatic heterocycles. The molecular weight excluding hydrogens is 396 g/mol. The van der Waals surface area contributed by atoms with Crippen LogP contribution in [0.5, 0.6) is 0 Å². The van der Waals surface area contributed by atoms with E-state index in [1.165, 1.54) is 29.7 Å². The topological polar surface area (TPSA) is 50.6 Å². The molecule has 1 aliphatic heterocycles. The summed E-state index contributed by atoms with van der Waals surface area (Å²) >= 11 is 0. The second-order valence-electron chi connectivity index (χ2n) is 8.88. The molecule has 32 heavy (non-hydrogen) atoms. The van der Waals surface area contributed by atoms with Gasteiger partial charge in [0, 0.05) is 44.1 Å². The Morgan fingerprint density at radius 1 is 1.19 bits per heavy atom. The molecule has 0 spiro atoms. The Hall–Kier alpha value is -2.53. The van der Waals surface area contributed by atoms with E-state index in [1.807, 2.05) is 6.20 Å². The molecule has 2 fully saturated rings. The summed E-state index contributed by atoms with van der Waals surface area (Å²) in [5.41, 5.74) is 6.87. The van der Waals surface area contributed by atoms with Gasteiger partial charge in [-0.15, -0.1) is 0 Å². The number of benzene rings is 1. The lowest BCUT2D eigenvalue weighted by Crippen LogP contribution is -2.37. The number of anilines is 1. The average molecular weight is 435 g/mol. The maximum Gasteiger partial charge on any atom is 0.154 e. The summed E-state index contributed by atoms with van der Waals surface area (Å²) in [5, 5.41) is 0. The number of rotatable bonds is 6. The summed E-state index contributed by atoms with van der Waals surface area (Å²) in [6, 6.07) is 6.78. The van der Waals surface area contributed by atoms with E-state index in [0.29, 0.717) is 12.0 Å². The van der Waals surface area contributed by atoms with Crippen LogP contribution in [0, 0.1) is 13.8 Å². The zero-order valence-electron chi connectivity index (χ0n) is 20.4. The Morgan fingerprint density at radius 3 is 2.41 bits per heavy atom. The molecule has 4 rings (SSSR count). The second kappa shape index (κ2) is 11.4. The number of aliphatic imine (C=N–C) groups is 1. The van der Waals surface area contributed by atoms with Crippen LogP contribution in [0.2, 0.25) is 0 Å². The molecule has 5 nitrogen and oxygen atoms in total. The Kier molecular flexibility index (Phi) is 8.57. The van der Waals surface area contributed by atoms with Gasteiger partial charge in [-0.25, -0.2) is 4.98 Å². The summed E-state index contributed by atoms with van der Waals surface area (Å²) in [7, 11) is 2.11. The summed E-state index contributed by atoms with van der Waals surface area (Å²) in [6.07, 6.45) is 9.36. The van der Waals surface area contributed by atoms with Crippen molar-refractivity contribution in [1.82, 2.24) is 9.97 Å². The van der Waals surface area contributed by atoms with Crippen LogP contribution >= 0.6 is 0 Å². The maximum atomic E-state index is 5.43. The predicted molar refractivity (Wildman–Crippen MR) is 135 cm³/mol. The molecule has 0 atom stereocenters. The molecule has 5 heteroatoms. The van der Waals surface area contributed by atoms with Crippen LogP contribution in [0.25, 0.3) is 6.08 Å². The van der Waals surface area contributed by atoms with Gasteiger partial charge in [0.25, 0.3) is 0 Å². The minimum Gasteiger partial charge on any atom is -0.381 e. The molecule has 2 aromatic rings. The molecule has 1 saturated heterocycles. The van der Waals surface area contributed by atoms with Crippen LogP contribution in [0.15, 0.2) is 36.0 Å². The third-order valence-corrected chi connectivity index (χ3v) is 6.32. The predicted octanol–water partition coefficient (Wildman–Crippen LogP) is 6.42. The van der Waals surface area contributed by atoms with E-state index in [4.69, 9.17) is 9.72 Å². The first-order valence-corrected chi connectivity index (χ1v) is 11.8. The molecule has 1 saturated carbocycles. The van der Waals surface area contributed by atoms with Gasteiger partial charge in [0.1, 0.15) is 5.69 Å². The van der Waals surface area contributed by atoms with E-state index in [1.54, 1.807) is 6.08 Å². The van der Waals surface area contributed by atoms with E-state index < -0.39 is 0 Å². The number of hydrogen-bond acceptors (Lipinski definition) is 5. The van der Waals surface area contributed by atoms with Crippen LogP contribution in [0.3, 0.4) is 0 Å². The Labute approximate surface area is 193 Å². The zero-order chi connectivity index (χ0) is 23.1. The minimum atomic E-state index is 0.496. The maximum absolute atomic E-state index is 5.43. The fourth-order valence-corrected chi connectivity index (χ4v) is 3.88. The van der Waals surface area contributed by atoms with E-state index in [2.05, 4.69) is 74.4 Å². The first-order chi connectivity index (χ1) is 15.4. The highest BCUT2D eigenvalue weighted by Crippen LogP contribution is 2.39. The van der Waals surface area contributed by atoms with Crippen molar-refractivity contribution in [2.75, 3.05) is 25.2 Å². The highest BCUT2D eigenvalue weighted by Gasteiger charge is 2.28.